The van der Waals surface area contributed by atoms with Crippen LogP contribution >= 0.6 is 0 Å². The average Bonchev–Trinajstić information content (AvgIpc) is 3.54. The molecule has 2 aromatic heterocycles. The van der Waals surface area contributed by atoms with Crippen molar-refractivity contribution in [3.63, 3.8) is 0 Å². The van der Waals surface area contributed by atoms with E-state index < -0.39 is 5.97 Å². The molecule has 0 spiro atoms. The van der Waals surface area contributed by atoms with Crippen LogP contribution in [0.3, 0.4) is 0 Å². The number of carboxylic acid groups (broad SMARTS) is 1. The third kappa shape index (κ3) is 5.38. The van der Waals surface area contributed by atoms with Gasteiger partial charge < -0.3 is 19.1 Å². The number of benzene rings is 1. The fourth-order valence-corrected chi connectivity index (χ4v) is 4.49. The van der Waals surface area contributed by atoms with Crippen molar-refractivity contribution < 1.29 is 23.9 Å². The van der Waals surface area contributed by atoms with Gasteiger partial charge >= 0.3 is 5.97 Å². The molecule has 0 amide bonds. The Hall–Kier alpha value is -3.42. The zero-order chi connectivity index (χ0) is 24.1. The predicted octanol–water partition coefficient (Wildman–Crippen LogP) is 5.58. The molecule has 4 rings (SSSR count). The molecular formula is C26H31N3O5. The molecule has 3 aromatic rings. The first-order chi connectivity index (χ1) is 16.5. The number of hydrogen-bond donors (Lipinski definition) is 1. The van der Waals surface area contributed by atoms with Crippen LogP contribution in [0.25, 0.3) is 22.8 Å². The van der Waals surface area contributed by atoms with Gasteiger partial charge in [0.15, 0.2) is 0 Å². The van der Waals surface area contributed by atoms with Crippen molar-refractivity contribution in [2.75, 3.05) is 13.7 Å². The molecule has 0 aliphatic heterocycles. The molecule has 1 saturated carbocycles. The minimum atomic E-state index is -0.818. The van der Waals surface area contributed by atoms with Crippen molar-refractivity contribution in [2.24, 2.45) is 0 Å². The zero-order valence-corrected chi connectivity index (χ0v) is 20.0. The molecule has 1 fully saturated rings. The van der Waals surface area contributed by atoms with Gasteiger partial charge in [-0.2, -0.15) is 4.98 Å². The summed E-state index contributed by atoms with van der Waals surface area (Å²) in [6.45, 7) is 4.38. The first-order valence-electron chi connectivity index (χ1n) is 11.9. The van der Waals surface area contributed by atoms with Crippen LogP contribution in [0.15, 0.2) is 28.8 Å². The lowest BCUT2D eigenvalue weighted by Crippen LogP contribution is -2.05. The quantitative estimate of drug-likeness (QED) is 0.387. The van der Waals surface area contributed by atoms with Gasteiger partial charge in [-0.1, -0.05) is 24.9 Å². The maximum Gasteiger partial charge on any atom is 0.303 e. The Morgan fingerprint density at radius 2 is 1.94 bits per heavy atom. The molecule has 8 heteroatoms. The van der Waals surface area contributed by atoms with E-state index in [-0.39, 0.29) is 6.42 Å². The molecule has 1 aliphatic rings. The van der Waals surface area contributed by atoms with Crippen molar-refractivity contribution in [2.45, 2.75) is 64.7 Å². The summed E-state index contributed by atoms with van der Waals surface area (Å²) in [6.07, 6.45) is 6.04. The average molecular weight is 466 g/mol. The van der Waals surface area contributed by atoms with Gasteiger partial charge in [-0.25, -0.2) is 4.98 Å². The minimum absolute atomic E-state index is 0.0898. The van der Waals surface area contributed by atoms with Gasteiger partial charge in [0, 0.05) is 35.2 Å². The van der Waals surface area contributed by atoms with Gasteiger partial charge in [-0.05, 0) is 61.9 Å². The van der Waals surface area contributed by atoms with E-state index >= 15 is 0 Å². The third-order valence-electron chi connectivity index (χ3n) is 6.25. The van der Waals surface area contributed by atoms with Crippen LogP contribution in [-0.4, -0.2) is 39.9 Å². The Morgan fingerprint density at radius 1 is 1.15 bits per heavy atom. The Labute approximate surface area is 199 Å². The standard InChI is InChI=1S/C26H31N3O5/c1-4-17-13-19(12-16(2)24(17)33-11-7-10-23(30)31)25-28-26(34-29-25)20-14-21(18-8-5-6-9-18)27-22(15-20)32-3/h12-15,18H,4-11H2,1-3H3,(H,30,31). The van der Waals surface area contributed by atoms with Crippen molar-refractivity contribution >= 4 is 5.97 Å². The maximum atomic E-state index is 10.7. The van der Waals surface area contributed by atoms with Gasteiger partial charge in [-0.3, -0.25) is 4.79 Å². The smallest absolute Gasteiger partial charge is 0.303 e. The van der Waals surface area contributed by atoms with E-state index in [4.69, 9.17) is 19.1 Å². The molecule has 0 saturated heterocycles. The van der Waals surface area contributed by atoms with Crippen molar-refractivity contribution in [1.29, 1.82) is 0 Å². The number of hydrogen-bond acceptors (Lipinski definition) is 7. The number of carboxylic acids is 1. The summed E-state index contributed by atoms with van der Waals surface area (Å²) in [6, 6.07) is 7.84. The molecule has 0 radical (unpaired) electrons. The first-order valence-corrected chi connectivity index (χ1v) is 11.9. The van der Waals surface area contributed by atoms with Crippen LogP contribution in [0.2, 0.25) is 0 Å². The Morgan fingerprint density at radius 3 is 2.65 bits per heavy atom. The van der Waals surface area contributed by atoms with Gasteiger partial charge in [-0.15, -0.1) is 0 Å². The van der Waals surface area contributed by atoms with Crippen LogP contribution in [0.4, 0.5) is 0 Å². The van der Waals surface area contributed by atoms with Gasteiger partial charge in [0.05, 0.1) is 13.7 Å². The highest BCUT2D eigenvalue weighted by Crippen LogP contribution is 2.36. The number of methoxy groups -OCH3 is 1. The number of aromatic nitrogens is 3. The van der Waals surface area contributed by atoms with Crippen LogP contribution < -0.4 is 9.47 Å². The molecule has 0 unspecified atom stereocenters. The molecular weight excluding hydrogens is 434 g/mol. The maximum absolute atomic E-state index is 10.7. The summed E-state index contributed by atoms with van der Waals surface area (Å²) in [5.74, 6) is 1.90. The SMILES string of the molecule is CCc1cc(-c2noc(-c3cc(OC)nc(C4CCCC4)c3)n2)cc(C)c1OCCCC(=O)O. The number of aryl methyl sites for hydroxylation is 2. The first kappa shape index (κ1) is 23.7. The largest absolute Gasteiger partial charge is 0.493 e. The second-order valence-electron chi connectivity index (χ2n) is 8.71. The summed E-state index contributed by atoms with van der Waals surface area (Å²) in [5, 5.41) is 13.1. The lowest BCUT2D eigenvalue weighted by atomic mass is 10.0. The molecule has 34 heavy (non-hydrogen) atoms. The van der Waals surface area contributed by atoms with E-state index in [9.17, 15) is 4.79 Å². The zero-order valence-electron chi connectivity index (χ0n) is 20.0. The van der Waals surface area contributed by atoms with Crippen molar-refractivity contribution in [1.82, 2.24) is 15.1 Å². The van der Waals surface area contributed by atoms with Crippen LogP contribution in [-0.2, 0) is 11.2 Å². The fourth-order valence-electron chi connectivity index (χ4n) is 4.49. The van der Waals surface area contributed by atoms with Crippen molar-refractivity contribution in [3.8, 4) is 34.5 Å². The molecule has 0 atom stereocenters. The molecule has 1 aromatic carbocycles. The number of carbonyl (C=O) groups is 1. The fraction of sp³-hybridized carbons (Fsp3) is 0.462. The van der Waals surface area contributed by atoms with Crippen LogP contribution in [0.5, 0.6) is 11.6 Å². The second-order valence-corrected chi connectivity index (χ2v) is 8.71. The number of nitrogens with zero attached hydrogens (tertiary/aromatic N) is 3. The Kier molecular flexibility index (Phi) is 7.45. The summed E-state index contributed by atoms with van der Waals surface area (Å²) < 4.78 is 17.0. The number of ether oxygens (including phenoxy) is 2. The monoisotopic (exact) mass is 465 g/mol. The molecule has 0 bridgehead atoms. The minimum Gasteiger partial charge on any atom is -0.493 e. The van der Waals surface area contributed by atoms with Crippen LogP contribution in [0.1, 0.15) is 68.2 Å². The lowest BCUT2D eigenvalue weighted by Gasteiger charge is -2.14. The van der Waals surface area contributed by atoms with E-state index in [0.29, 0.717) is 36.5 Å². The summed E-state index contributed by atoms with van der Waals surface area (Å²) >= 11 is 0. The normalized spacial score (nSPS) is 13.9. The number of pyridine rings is 1. The summed E-state index contributed by atoms with van der Waals surface area (Å²) in [7, 11) is 1.62. The van der Waals surface area contributed by atoms with Gasteiger partial charge in [0.25, 0.3) is 5.89 Å². The molecule has 180 valence electrons. The molecule has 8 nitrogen and oxygen atoms in total. The van der Waals surface area contributed by atoms with E-state index in [2.05, 4.69) is 22.0 Å². The molecule has 1 N–H and O–H groups in total. The van der Waals surface area contributed by atoms with Crippen molar-refractivity contribution in [3.05, 3.63) is 41.1 Å². The highest BCUT2D eigenvalue weighted by Gasteiger charge is 2.22. The van der Waals surface area contributed by atoms with E-state index in [1.54, 1.807) is 7.11 Å². The van der Waals surface area contributed by atoms with Crippen LogP contribution in [0, 0.1) is 6.92 Å². The predicted molar refractivity (Wildman–Crippen MR) is 127 cm³/mol. The Bertz CT molecular complexity index is 1150. The highest BCUT2D eigenvalue weighted by atomic mass is 16.5. The summed E-state index contributed by atoms with van der Waals surface area (Å²) in [5.41, 5.74) is 4.63. The molecule has 1 aliphatic carbocycles. The summed E-state index contributed by atoms with van der Waals surface area (Å²) in [4.78, 5) is 20.1. The van der Waals surface area contributed by atoms with Gasteiger partial charge in [0.1, 0.15) is 5.75 Å². The van der Waals surface area contributed by atoms with Gasteiger partial charge in [0.2, 0.25) is 11.7 Å². The number of rotatable bonds is 10. The second kappa shape index (κ2) is 10.7. The highest BCUT2D eigenvalue weighted by molar-refractivity contribution is 5.66. The van der Waals surface area contributed by atoms with E-state index in [1.807, 2.05) is 31.2 Å². The van der Waals surface area contributed by atoms with E-state index in [1.165, 1.54) is 12.8 Å². The van der Waals surface area contributed by atoms with E-state index in [0.717, 1.165) is 53.0 Å². The lowest BCUT2D eigenvalue weighted by molar-refractivity contribution is -0.137. The third-order valence-corrected chi connectivity index (χ3v) is 6.25. The topological polar surface area (TPSA) is 108 Å². The Balaban J connectivity index is 1.59. The molecule has 2 heterocycles. The number of aliphatic carboxylic acids is 1.